The molecule has 0 aromatic heterocycles. The van der Waals surface area contributed by atoms with Gasteiger partial charge in [0.15, 0.2) is 0 Å². The van der Waals surface area contributed by atoms with E-state index in [4.69, 9.17) is 9.47 Å². The van der Waals surface area contributed by atoms with Gasteiger partial charge in [0, 0.05) is 12.8 Å². The van der Waals surface area contributed by atoms with Crippen LogP contribution in [0, 0.1) is 6.92 Å². The molecule has 0 unspecified atom stereocenters. The van der Waals surface area contributed by atoms with Gasteiger partial charge in [-0.2, -0.15) is 0 Å². The van der Waals surface area contributed by atoms with Crippen molar-refractivity contribution in [1.29, 1.82) is 0 Å². The molecule has 1 amide bonds. The van der Waals surface area contributed by atoms with Gasteiger partial charge in [-0.15, -0.1) is 0 Å². The molecule has 1 N–H and O–H groups in total. The van der Waals surface area contributed by atoms with Crippen LogP contribution < -0.4 is 10.1 Å². The van der Waals surface area contributed by atoms with Crippen molar-refractivity contribution >= 4 is 11.6 Å². The minimum atomic E-state index is -0.814. The van der Waals surface area contributed by atoms with Crippen molar-refractivity contribution in [1.82, 2.24) is 0 Å². The topological polar surface area (TPSA) is 47.6 Å². The minimum Gasteiger partial charge on any atom is -0.489 e. The van der Waals surface area contributed by atoms with Crippen molar-refractivity contribution in [3.63, 3.8) is 0 Å². The Labute approximate surface area is 162 Å². The van der Waals surface area contributed by atoms with Crippen LogP contribution in [-0.4, -0.2) is 18.6 Å². The third kappa shape index (κ3) is 6.10. The van der Waals surface area contributed by atoms with Crippen LogP contribution in [0.5, 0.6) is 5.75 Å². The molecule has 0 aliphatic heterocycles. The van der Waals surface area contributed by atoms with Crippen molar-refractivity contribution in [2.75, 3.05) is 12.4 Å². The van der Waals surface area contributed by atoms with E-state index in [-0.39, 0.29) is 5.91 Å². The molecule has 0 saturated heterocycles. The zero-order valence-corrected chi connectivity index (χ0v) is 16.9. The Balaban J connectivity index is 1.98. The van der Waals surface area contributed by atoms with Crippen LogP contribution in [0.25, 0.3) is 0 Å². The molecule has 1 atom stereocenters. The third-order valence-electron chi connectivity index (χ3n) is 4.86. The lowest BCUT2D eigenvalue weighted by Crippen LogP contribution is -2.41. The number of hydrogen-bond donors (Lipinski definition) is 1. The van der Waals surface area contributed by atoms with E-state index in [1.807, 2.05) is 62.4 Å². The van der Waals surface area contributed by atoms with Gasteiger partial charge in [0.2, 0.25) is 0 Å². The summed E-state index contributed by atoms with van der Waals surface area (Å²) in [5, 5.41) is 2.98. The van der Waals surface area contributed by atoms with Gasteiger partial charge in [0.1, 0.15) is 18.0 Å². The molecule has 2 aromatic rings. The quantitative estimate of drug-likeness (QED) is 0.563. The molecule has 4 heteroatoms. The van der Waals surface area contributed by atoms with Crippen LogP contribution in [0.2, 0.25) is 0 Å². The zero-order valence-electron chi connectivity index (χ0n) is 16.9. The highest BCUT2D eigenvalue weighted by atomic mass is 16.5. The molecule has 0 spiro atoms. The number of unbranched alkanes of at least 4 members (excludes halogenated alkanes) is 2. The molecule has 0 aliphatic rings. The number of hydrogen-bond acceptors (Lipinski definition) is 3. The summed E-state index contributed by atoms with van der Waals surface area (Å²) in [6, 6.07) is 15.8. The molecule has 2 rings (SSSR count). The highest BCUT2D eigenvalue weighted by Crippen LogP contribution is 2.25. The summed E-state index contributed by atoms with van der Waals surface area (Å²) in [6.07, 6.45) is 3.89. The number of amides is 1. The molecule has 146 valence electrons. The first-order valence-electron chi connectivity index (χ1n) is 9.62. The van der Waals surface area contributed by atoms with E-state index in [9.17, 15) is 4.79 Å². The summed E-state index contributed by atoms with van der Waals surface area (Å²) in [7, 11) is 1.59. The Morgan fingerprint density at radius 1 is 1.11 bits per heavy atom. The minimum absolute atomic E-state index is 0.113. The fourth-order valence-corrected chi connectivity index (χ4v) is 2.91. The average molecular weight is 370 g/mol. The Morgan fingerprint density at radius 2 is 1.85 bits per heavy atom. The van der Waals surface area contributed by atoms with Crippen LogP contribution in [-0.2, 0) is 16.1 Å². The van der Waals surface area contributed by atoms with Gasteiger partial charge in [-0.3, -0.25) is 4.79 Å². The number of benzene rings is 2. The van der Waals surface area contributed by atoms with E-state index >= 15 is 0 Å². The van der Waals surface area contributed by atoms with E-state index in [2.05, 4.69) is 12.2 Å². The molecular formula is C23H31NO3. The first kappa shape index (κ1) is 21.0. The second kappa shape index (κ2) is 10.1. The van der Waals surface area contributed by atoms with Crippen molar-refractivity contribution in [2.45, 2.75) is 58.7 Å². The van der Waals surface area contributed by atoms with E-state index < -0.39 is 5.60 Å². The van der Waals surface area contributed by atoms with Crippen LogP contribution >= 0.6 is 0 Å². The predicted molar refractivity (Wildman–Crippen MR) is 110 cm³/mol. The van der Waals surface area contributed by atoms with E-state index in [1.54, 1.807) is 7.11 Å². The zero-order chi connectivity index (χ0) is 19.7. The summed E-state index contributed by atoms with van der Waals surface area (Å²) in [6.45, 7) is 6.50. The number of nitrogens with one attached hydrogen (secondary N) is 1. The summed E-state index contributed by atoms with van der Waals surface area (Å²) in [4.78, 5) is 12.7. The van der Waals surface area contributed by atoms with Crippen molar-refractivity contribution < 1.29 is 14.3 Å². The third-order valence-corrected chi connectivity index (χ3v) is 4.86. The lowest BCUT2D eigenvalue weighted by atomic mass is 9.97. The number of rotatable bonds is 10. The maximum atomic E-state index is 12.7. The average Bonchev–Trinajstić information content (AvgIpc) is 2.68. The maximum absolute atomic E-state index is 12.7. The molecule has 0 bridgehead atoms. The number of aryl methyl sites for hydroxylation is 1. The van der Waals surface area contributed by atoms with Crippen molar-refractivity contribution in [2.24, 2.45) is 0 Å². The lowest BCUT2D eigenvalue weighted by Gasteiger charge is -2.27. The summed E-state index contributed by atoms with van der Waals surface area (Å²) >= 11 is 0. The summed E-state index contributed by atoms with van der Waals surface area (Å²) in [5.41, 5.74) is 2.04. The van der Waals surface area contributed by atoms with Gasteiger partial charge >= 0.3 is 0 Å². The first-order chi connectivity index (χ1) is 13.0. The molecule has 0 aliphatic carbocycles. The van der Waals surface area contributed by atoms with Crippen LogP contribution in [0.15, 0.2) is 48.5 Å². The van der Waals surface area contributed by atoms with Gasteiger partial charge in [-0.1, -0.05) is 56.5 Å². The lowest BCUT2D eigenvalue weighted by molar-refractivity contribution is -0.136. The monoisotopic (exact) mass is 369 g/mol. The Hall–Kier alpha value is -2.33. The second-order valence-corrected chi connectivity index (χ2v) is 7.10. The SMILES string of the molecule is CCCCC[C@](C)(OC)C(=O)Nc1ccc(OCc2ccccc2)c(C)c1. The molecule has 0 fully saturated rings. The molecule has 0 saturated carbocycles. The molecule has 0 radical (unpaired) electrons. The van der Waals surface area contributed by atoms with Crippen LogP contribution in [0.3, 0.4) is 0 Å². The number of methoxy groups -OCH3 is 1. The van der Waals surface area contributed by atoms with E-state index in [0.29, 0.717) is 13.0 Å². The number of anilines is 1. The second-order valence-electron chi connectivity index (χ2n) is 7.10. The standard InChI is InChI=1S/C23H31NO3/c1-5-6-10-15-23(3,26-4)22(25)24-20-13-14-21(18(2)16-20)27-17-19-11-8-7-9-12-19/h7-9,11-14,16H,5-6,10,15,17H2,1-4H3,(H,24,25)/t23-/m0/s1. The molecular weight excluding hydrogens is 338 g/mol. The van der Waals surface area contributed by atoms with Gasteiger partial charge in [-0.25, -0.2) is 0 Å². The van der Waals surface area contributed by atoms with Crippen molar-refractivity contribution in [3.8, 4) is 5.75 Å². The van der Waals surface area contributed by atoms with Gasteiger partial charge in [0.05, 0.1) is 0 Å². The normalized spacial score (nSPS) is 13.0. The van der Waals surface area contributed by atoms with Gasteiger partial charge < -0.3 is 14.8 Å². The van der Waals surface area contributed by atoms with Crippen LogP contribution in [0.4, 0.5) is 5.69 Å². The fourth-order valence-electron chi connectivity index (χ4n) is 2.91. The first-order valence-corrected chi connectivity index (χ1v) is 9.62. The van der Waals surface area contributed by atoms with Crippen LogP contribution in [0.1, 0.15) is 50.7 Å². The molecule has 27 heavy (non-hydrogen) atoms. The number of carbonyl (C=O) groups is 1. The Morgan fingerprint density at radius 3 is 2.48 bits per heavy atom. The number of ether oxygens (including phenoxy) is 2. The van der Waals surface area contributed by atoms with Gasteiger partial charge in [-0.05, 0) is 49.6 Å². The highest BCUT2D eigenvalue weighted by Gasteiger charge is 2.32. The predicted octanol–water partition coefficient (Wildman–Crippen LogP) is 5.50. The molecule has 2 aromatic carbocycles. The van der Waals surface area contributed by atoms with E-state index in [0.717, 1.165) is 41.8 Å². The maximum Gasteiger partial charge on any atom is 0.256 e. The van der Waals surface area contributed by atoms with Gasteiger partial charge in [0.25, 0.3) is 5.91 Å². The van der Waals surface area contributed by atoms with Crippen molar-refractivity contribution in [3.05, 3.63) is 59.7 Å². The highest BCUT2D eigenvalue weighted by molar-refractivity contribution is 5.97. The Bertz CT molecular complexity index is 730. The smallest absolute Gasteiger partial charge is 0.256 e. The summed E-state index contributed by atoms with van der Waals surface area (Å²) < 4.78 is 11.4. The summed E-state index contributed by atoms with van der Waals surface area (Å²) in [5.74, 6) is 0.702. The van der Waals surface area contributed by atoms with E-state index in [1.165, 1.54) is 0 Å². The fraction of sp³-hybridized carbons (Fsp3) is 0.435. The largest absolute Gasteiger partial charge is 0.489 e. The molecule has 0 heterocycles. The Kier molecular flexibility index (Phi) is 7.86. The number of carbonyl (C=O) groups excluding carboxylic acids is 1. The molecule has 4 nitrogen and oxygen atoms in total.